The SMILES string of the molecule is Cc1cc([C@@H]2CN(C(=O)OC(C)(C)C)CC[C@H]2N)ccc1Cl. The van der Waals surface area contributed by atoms with Crippen LogP contribution in [0.4, 0.5) is 4.79 Å². The minimum Gasteiger partial charge on any atom is -0.444 e. The Labute approximate surface area is 137 Å². The van der Waals surface area contributed by atoms with Crippen LogP contribution in [-0.4, -0.2) is 35.7 Å². The summed E-state index contributed by atoms with van der Waals surface area (Å²) in [5, 5.41) is 0.747. The van der Waals surface area contributed by atoms with Gasteiger partial charge in [-0.2, -0.15) is 0 Å². The molecule has 1 amide bonds. The van der Waals surface area contributed by atoms with Crippen LogP contribution in [0.5, 0.6) is 0 Å². The van der Waals surface area contributed by atoms with E-state index in [-0.39, 0.29) is 18.1 Å². The molecule has 122 valence electrons. The van der Waals surface area contributed by atoms with Crippen LogP contribution in [0.15, 0.2) is 18.2 Å². The molecular formula is C17H25ClN2O2. The molecule has 0 aromatic heterocycles. The molecule has 0 bridgehead atoms. The van der Waals surface area contributed by atoms with Crippen molar-refractivity contribution < 1.29 is 9.53 Å². The lowest BCUT2D eigenvalue weighted by Gasteiger charge is -2.38. The van der Waals surface area contributed by atoms with E-state index in [4.69, 9.17) is 22.1 Å². The highest BCUT2D eigenvalue weighted by atomic mass is 35.5. The highest BCUT2D eigenvalue weighted by molar-refractivity contribution is 6.31. The quantitative estimate of drug-likeness (QED) is 0.857. The molecule has 2 atom stereocenters. The van der Waals surface area contributed by atoms with Gasteiger partial charge in [-0.25, -0.2) is 4.79 Å². The molecular weight excluding hydrogens is 300 g/mol. The molecule has 0 unspecified atom stereocenters. The average Bonchev–Trinajstić information content (AvgIpc) is 2.40. The Balaban J connectivity index is 2.14. The standard InChI is InChI=1S/C17H25ClN2O2/c1-11-9-12(5-6-14(11)18)13-10-20(8-7-15(13)19)16(21)22-17(2,3)4/h5-6,9,13,15H,7-8,10,19H2,1-4H3/t13-,15+/m0/s1. The molecule has 0 spiro atoms. The number of benzene rings is 1. The van der Waals surface area contributed by atoms with Gasteiger partial charge >= 0.3 is 6.09 Å². The van der Waals surface area contributed by atoms with Crippen molar-refractivity contribution in [3.8, 4) is 0 Å². The van der Waals surface area contributed by atoms with E-state index >= 15 is 0 Å². The second-order valence-electron chi connectivity index (χ2n) is 6.99. The van der Waals surface area contributed by atoms with Crippen molar-refractivity contribution in [3.63, 3.8) is 0 Å². The normalized spacial score (nSPS) is 22.5. The number of carbonyl (C=O) groups excluding carboxylic acids is 1. The number of halogens is 1. The highest BCUT2D eigenvalue weighted by Crippen LogP contribution is 2.29. The summed E-state index contributed by atoms with van der Waals surface area (Å²) in [4.78, 5) is 14.0. The van der Waals surface area contributed by atoms with Crippen molar-refractivity contribution >= 4 is 17.7 Å². The second kappa shape index (κ2) is 6.47. The Kier molecular flexibility index (Phi) is 5.03. The lowest BCUT2D eigenvalue weighted by atomic mass is 9.86. The van der Waals surface area contributed by atoms with Gasteiger partial charge in [-0.3, -0.25) is 0 Å². The van der Waals surface area contributed by atoms with Gasteiger partial charge in [-0.05, 0) is 51.3 Å². The first kappa shape index (κ1) is 17.1. The van der Waals surface area contributed by atoms with Crippen molar-refractivity contribution in [1.82, 2.24) is 4.90 Å². The number of hydrogen-bond acceptors (Lipinski definition) is 3. The third-order valence-corrected chi connectivity index (χ3v) is 4.35. The Hall–Kier alpha value is -1.26. The first-order valence-electron chi connectivity index (χ1n) is 7.67. The molecule has 0 aliphatic carbocycles. The number of hydrogen-bond donors (Lipinski definition) is 1. The molecule has 1 aliphatic heterocycles. The second-order valence-corrected chi connectivity index (χ2v) is 7.40. The summed E-state index contributed by atoms with van der Waals surface area (Å²) in [6, 6.07) is 5.99. The topological polar surface area (TPSA) is 55.6 Å². The first-order valence-corrected chi connectivity index (χ1v) is 8.05. The number of likely N-dealkylation sites (tertiary alicyclic amines) is 1. The molecule has 0 saturated carbocycles. The monoisotopic (exact) mass is 324 g/mol. The fourth-order valence-electron chi connectivity index (χ4n) is 2.71. The molecule has 1 saturated heterocycles. The van der Waals surface area contributed by atoms with Gasteiger partial charge in [0.25, 0.3) is 0 Å². The number of rotatable bonds is 1. The Morgan fingerprint density at radius 3 is 2.68 bits per heavy atom. The summed E-state index contributed by atoms with van der Waals surface area (Å²) < 4.78 is 5.46. The zero-order valence-electron chi connectivity index (χ0n) is 13.7. The summed E-state index contributed by atoms with van der Waals surface area (Å²) in [6.07, 6.45) is 0.501. The number of piperidine rings is 1. The maximum atomic E-state index is 12.3. The minimum absolute atomic E-state index is 0.0410. The highest BCUT2D eigenvalue weighted by Gasteiger charge is 2.32. The smallest absolute Gasteiger partial charge is 0.410 e. The average molecular weight is 325 g/mol. The molecule has 5 heteroatoms. The summed E-state index contributed by atoms with van der Waals surface area (Å²) >= 11 is 6.09. The van der Waals surface area contributed by atoms with Crippen molar-refractivity contribution in [2.45, 2.75) is 51.7 Å². The van der Waals surface area contributed by atoms with Gasteiger partial charge in [-0.1, -0.05) is 23.7 Å². The van der Waals surface area contributed by atoms with E-state index in [1.54, 1.807) is 4.90 Å². The lowest BCUT2D eigenvalue weighted by molar-refractivity contribution is 0.0186. The van der Waals surface area contributed by atoms with E-state index in [1.807, 2.05) is 39.8 Å². The van der Waals surface area contributed by atoms with Crippen LogP contribution < -0.4 is 5.73 Å². The zero-order valence-corrected chi connectivity index (χ0v) is 14.5. The van der Waals surface area contributed by atoms with Gasteiger partial charge in [-0.15, -0.1) is 0 Å². The number of ether oxygens (including phenoxy) is 1. The molecule has 1 aromatic carbocycles. The van der Waals surface area contributed by atoms with Crippen LogP contribution >= 0.6 is 11.6 Å². The summed E-state index contributed by atoms with van der Waals surface area (Å²) in [5.41, 5.74) is 7.95. The molecule has 1 aliphatic rings. The Morgan fingerprint density at radius 2 is 2.09 bits per heavy atom. The van der Waals surface area contributed by atoms with E-state index in [2.05, 4.69) is 6.07 Å². The van der Waals surface area contributed by atoms with Crippen LogP contribution in [0.3, 0.4) is 0 Å². The third-order valence-electron chi connectivity index (χ3n) is 3.93. The number of aryl methyl sites for hydroxylation is 1. The van der Waals surface area contributed by atoms with Gasteiger partial charge < -0.3 is 15.4 Å². The summed E-state index contributed by atoms with van der Waals surface area (Å²) in [7, 11) is 0. The molecule has 22 heavy (non-hydrogen) atoms. The number of nitrogens with zero attached hydrogens (tertiary/aromatic N) is 1. The Bertz CT molecular complexity index is 554. The van der Waals surface area contributed by atoms with Crippen LogP contribution in [-0.2, 0) is 4.74 Å². The van der Waals surface area contributed by atoms with Gasteiger partial charge in [0, 0.05) is 30.1 Å². The molecule has 4 nitrogen and oxygen atoms in total. The largest absolute Gasteiger partial charge is 0.444 e. The van der Waals surface area contributed by atoms with Crippen LogP contribution in [0.2, 0.25) is 5.02 Å². The van der Waals surface area contributed by atoms with Crippen molar-refractivity contribution in [3.05, 3.63) is 34.3 Å². The lowest BCUT2D eigenvalue weighted by Crippen LogP contribution is -2.49. The van der Waals surface area contributed by atoms with E-state index < -0.39 is 5.60 Å². The Morgan fingerprint density at radius 1 is 1.41 bits per heavy atom. The fourth-order valence-corrected chi connectivity index (χ4v) is 2.83. The molecule has 0 radical (unpaired) electrons. The number of carbonyl (C=O) groups is 1. The van der Waals surface area contributed by atoms with Gasteiger partial charge in [0.2, 0.25) is 0 Å². The van der Waals surface area contributed by atoms with Crippen LogP contribution in [0.1, 0.15) is 44.2 Å². The van der Waals surface area contributed by atoms with Crippen LogP contribution in [0, 0.1) is 6.92 Å². The van der Waals surface area contributed by atoms with E-state index in [9.17, 15) is 4.79 Å². The van der Waals surface area contributed by atoms with Crippen LogP contribution in [0.25, 0.3) is 0 Å². The first-order chi connectivity index (χ1) is 10.2. The van der Waals surface area contributed by atoms with E-state index in [1.165, 1.54) is 0 Å². The number of nitrogens with two attached hydrogens (primary N) is 1. The van der Waals surface area contributed by atoms with Gasteiger partial charge in [0.1, 0.15) is 5.60 Å². The molecule has 1 heterocycles. The maximum absolute atomic E-state index is 12.3. The molecule has 2 N–H and O–H groups in total. The third kappa shape index (κ3) is 4.14. The van der Waals surface area contributed by atoms with Crippen molar-refractivity contribution in [2.24, 2.45) is 5.73 Å². The number of amides is 1. The summed E-state index contributed by atoms with van der Waals surface area (Å²) in [6.45, 7) is 8.82. The molecule has 1 aromatic rings. The van der Waals surface area contributed by atoms with Gasteiger partial charge in [0.15, 0.2) is 0 Å². The predicted octanol–water partition coefficient (Wildman–Crippen LogP) is 3.70. The van der Waals surface area contributed by atoms with Gasteiger partial charge in [0.05, 0.1) is 0 Å². The maximum Gasteiger partial charge on any atom is 0.410 e. The zero-order chi connectivity index (χ0) is 16.5. The minimum atomic E-state index is -0.483. The summed E-state index contributed by atoms with van der Waals surface area (Å²) in [5.74, 6) is 0.109. The fraction of sp³-hybridized carbons (Fsp3) is 0.588. The molecule has 2 rings (SSSR count). The van der Waals surface area contributed by atoms with Crippen molar-refractivity contribution in [1.29, 1.82) is 0 Å². The molecule has 1 fully saturated rings. The van der Waals surface area contributed by atoms with Crippen molar-refractivity contribution in [2.75, 3.05) is 13.1 Å². The van der Waals surface area contributed by atoms with E-state index in [0.29, 0.717) is 13.1 Å². The predicted molar refractivity (Wildman–Crippen MR) is 89.3 cm³/mol. The van der Waals surface area contributed by atoms with E-state index in [0.717, 1.165) is 22.6 Å².